The van der Waals surface area contributed by atoms with Gasteiger partial charge < -0.3 is 19.8 Å². The average molecular weight is 470 g/mol. The number of aryl methyl sites for hydroxylation is 1. The lowest BCUT2D eigenvalue weighted by molar-refractivity contribution is 0.0732. The number of nitrogens with zero attached hydrogens (tertiary/aromatic N) is 4. The monoisotopic (exact) mass is 469 g/mol. The molecule has 0 radical (unpaired) electrons. The number of carbonyl (C=O) groups is 1. The van der Waals surface area contributed by atoms with Crippen LogP contribution in [0.4, 0.5) is 0 Å². The van der Waals surface area contributed by atoms with Gasteiger partial charge in [-0.25, -0.2) is 4.98 Å². The molecule has 1 aliphatic heterocycles. The molecule has 3 heterocycles. The molecule has 2 aromatic carbocycles. The highest BCUT2D eigenvalue weighted by Crippen LogP contribution is 2.37. The van der Waals surface area contributed by atoms with Crippen LogP contribution in [0.2, 0.25) is 0 Å². The molecule has 6 rings (SSSR count). The van der Waals surface area contributed by atoms with Gasteiger partial charge in [0.1, 0.15) is 0 Å². The molecule has 0 saturated heterocycles. The van der Waals surface area contributed by atoms with E-state index in [1.54, 1.807) is 0 Å². The van der Waals surface area contributed by atoms with Crippen LogP contribution in [0.1, 0.15) is 61.0 Å². The van der Waals surface area contributed by atoms with E-state index in [0.29, 0.717) is 12.5 Å². The normalized spacial score (nSPS) is 17.1. The third-order valence-corrected chi connectivity index (χ3v) is 7.74. The van der Waals surface area contributed by atoms with Crippen LogP contribution >= 0.6 is 0 Å². The highest BCUT2D eigenvalue weighted by Gasteiger charge is 2.28. The number of benzene rings is 2. The number of hydrogen-bond acceptors (Lipinski definition) is 3. The predicted molar refractivity (Wildman–Crippen MR) is 142 cm³/mol. The highest BCUT2D eigenvalue weighted by molar-refractivity contribution is 6.00. The van der Waals surface area contributed by atoms with Crippen molar-refractivity contribution >= 4 is 27.8 Å². The molecule has 6 nitrogen and oxygen atoms in total. The van der Waals surface area contributed by atoms with E-state index in [4.69, 9.17) is 10.7 Å². The summed E-state index contributed by atoms with van der Waals surface area (Å²) in [6, 6.07) is 13.3. The number of fused-ring (bicyclic) bond motifs is 3. The molecule has 6 heteroatoms. The first-order chi connectivity index (χ1) is 16.8. The second kappa shape index (κ2) is 8.23. The molecule has 1 fully saturated rings. The van der Waals surface area contributed by atoms with E-state index in [0.717, 1.165) is 59.1 Å². The third-order valence-electron chi connectivity index (χ3n) is 7.74. The summed E-state index contributed by atoms with van der Waals surface area (Å²) in [6.45, 7) is 8.79. The molecule has 1 atom stereocenters. The second-order valence-corrected chi connectivity index (χ2v) is 11.0. The number of amides is 1. The SMILES string of the molecule is CC(N)CN1CCc2cc3c(cc2C1=O)nc(-c1cc2ccc(C(C)C)cc2n1CC1CC1)n3C. The van der Waals surface area contributed by atoms with Gasteiger partial charge in [0.05, 0.1) is 16.7 Å². The van der Waals surface area contributed by atoms with Crippen molar-refractivity contribution in [3.63, 3.8) is 0 Å². The number of rotatable bonds is 6. The fraction of sp³-hybridized carbons (Fsp3) is 0.448. The number of carbonyl (C=O) groups excluding carboxylic acids is 1. The van der Waals surface area contributed by atoms with Gasteiger partial charge in [-0.1, -0.05) is 26.0 Å². The van der Waals surface area contributed by atoms with E-state index in [2.05, 4.69) is 60.4 Å². The number of imidazole rings is 1. The van der Waals surface area contributed by atoms with Gasteiger partial charge in [-0.3, -0.25) is 4.79 Å². The van der Waals surface area contributed by atoms with Crippen molar-refractivity contribution in [2.75, 3.05) is 13.1 Å². The fourth-order valence-electron chi connectivity index (χ4n) is 5.54. The van der Waals surface area contributed by atoms with E-state index < -0.39 is 0 Å². The van der Waals surface area contributed by atoms with Crippen LogP contribution in [0.5, 0.6) is 0 Å². The van der Waals surface area contributed by atoms with Crippen molar-refractivity contribution in [1.29, 1.82) is 0 Å². The van der Waals surface area contributed by atoms with Gasteiger partial charge in [0.25, 0.3) is 5.91 Å². The number of nitrogens with two attached hydrogens (primary N) is 1. The Morgan fingerprint density at radius 2 is 1.89 bits per heavy atom. The molecule has 35 heavy (non-hydrogen) atoms. The van der Waals surface area contributed by atoms with Crippen LogP contribution in [-0.4, -0.2) is 44.1 Å². The van der Waals surface area contributed by atoms with Crippen LogP contribution in [0.15, 0.2) is 36.4 Å². The lowest BCUT2D eigenvalue weighted by Crippen LogP contribution is -2.43. The molecule has 2 aliphatic rings. The van der Waals surface area contributed by atoms with Gasteiger partial charge in [0.2, 0.25) is 0 Å². The first-order valence-corrected chi connectivity index (χ1v) is 13.0. The first kappa shape index (κ1) is 22.4. The first-order valence-electron chi connectivity index (χ1n) is 13.0. The van der Waals surface area contributed by atoms with Gasteiger partial charge in [-0.2, -0.15) is 0 Å². The maximum absolute atomic E-state index is 13.2. The van der Waals surface area contributed by atoms with Crippen molar-refractivity contribution in [3.8, 4) is 11.5 Å². The quantitative estimate of drug-likeness (QED) is 0.428. The smallest absolute Gasteiger partial charge is 0.254 e. The molecule has 1 unspecified atom stereocenters. The minimum atomic E-state index is -0.0321. The van der Waals surface area contributed by atoms with Crippen molar-refractivity contribution in [2.24, 2.45) is 18.7 Å². The lowest BCUT2D eigenvalue weighted by atomic mass is 9.97. The van der Waals surface area contributed by atoms with E-state index in [1.165, 1.54) is 29.3 Å². The molecule has 2 aromatic heterocycles. The van der Waals surface area contributed by atoms with Gasteiger partial charge in [0, 0.05) is 49.2 Å². The van der Waals surface area contributed by atoms with Gasteiger partial charge in [-0.05, 0) is 73.4 Å². The topological polar surface area (TPSA) is 69.1 Å². The summed E-state index contributed by atoms with van der Waals surface area (Å²) in [4.78, 5) is 20.2. The van der Waals surface area contributed by atoms with E-state index in [9.17, 15) is 4.79 Å². The van der Waals surface area contributed by atoms with Crippen LogP contribution in [0.25, 0.3) is 33.5 Å². The standard InChI is InChI=1S/C29H35N5O/c1-17(2)20-7-8-22-13-27(34(25(22)11-20)16-19-5-6-19)28-31-24-14-23-21(12-26(24)32(28)4)9-10-33(29(23)35)15-18(3)30/h7-8,11-14,17-19H,5-6,9-10,15-16,30H2,1-4H3. The number of hydrogen-bond donors (Lipinski definition) is 1. The summed E-state index contributed by atoms with van der Waals surface area (Å²) in [5, 5.41) is 1.26. The summed E-state index contributed by atoms with van der Waals surface area (Å²) in [6.07, 6.45) is 3.46. The Labute approximate surface area is 206 Å². The Morgan fingerprint density at radius 1 is 1.09 bits per heavy atom. The van der Waals surface area contributed by atoms with Crippen LogP contribution < -0.4 is 5.73 Å². The van der Waals surface area contributed by atoms with E-state index >= 15 is 0 Å². The zero-order chi connectivity index (χ0) is 24.4. The molecule has 1 aliphatic carbocycles. The van der Waals surface area contributed by atoms with Gasteiger partial charge in [-0.15, -0.1) is 0 Å². The molecule has 0 spiro atoms. The Bertz CT molecular complexity index is 1450. The molecule has 182 valence electrons. The van der Waals surface area contributed by atoms with E-state index in [1.807, 2.05) is 17.9 Å². The van der Waals surface area contributed by atoms with Crippen LogP contribution in [0, 0.1) is 5.92 Å². The largest absolute Gasteiger partial charge is 0.338 e. The minimum Gasteiger partial charge on any atom is -0.338 e. The maximum atomic E-state index is 13.2. The maximum Gasteiger partial charge on any atom is 0.254 e. The van der Waals surface area contributed by atoms with Crippen molar-refractivity contribution < 1.29 is 4.79 Å². The molecular formula is C29H35N5O. The second-order valence-electron chi connectivity index (χ2n) is 11.0. The Kier molecular flexibility index (Phi) is 5.26. The Hall–Kier alpha value is -3.12. The summed E-state index contributed by atoms with van der Waals surface area (Å²) >= 11 is 0. The molecular weight excluding hydrogens is 434 g/mol. The van der Waals surface area contributed by atoms with Gasteiger partial charge >= 0.3 is 0 Å². The summed E-state index contributed by atoms with van der Waals surface area (Å²) < 4.78 is 4.69. The fourth-order valence-corrected chi connectivity index (χ4v) is 5.54. The predicted octanol–water partition coefficient (Wildman–Crippen LogP) is 5.07. The van der Waals surface area contributed by atoms with Crippen molar-refractivity contribution in [1.82, 2.24) is 19.0 Å². The average Bonchev–Trinajstić information content (AvgIpc) is 3.50. The van der Waals surface area contributed by atoms with Crippen LogP contribution in [0.3, 0.4) is 0 Å². The summed E-state index contributed by atoms with van der Waals surface area (Å²) in [7, 11) is 2.10. The van der Waals surface area contributed by atoms with Crippen LogP contribution in [-0.2, 0) is 20.0 Å². The zero-order valence-corrected chi connectivity index (χ0v) is 21.2. The molecule has 1 amide bonds. The van der Waals surface area contributed by atoms with Crippen molar-refractivity contribution in [3.05, 3.63) is 53.1 Å². The summed E-state index contributed by atoms with van der Waals surface area (Å²) in [5.41, 5.74) is 13.7. The zero-order valence-electron chi connectivity index (χ0n) is 21.2. The molecule has 2 N–H and O–H groups in total. The number of aromatic nitrogens is 3. The van der Waals surface area contributed by atoms with Gasteiger partial charge in [0.15, 0.2) is 5.82 Å². The Morgan fingerprint density at radius 3 is 2.60 bits per heavy atom. The third kappa shape index (κ3) is 3.84. The molecule has 1 saturated carbocycles. The lowest BCUT2D eigenvalue weighted by Gasteiger charge is -2.29. The van der Waals surface area contributed by atoms with Crippen molar-refractivity contribution in [2.45, 2.75) is 58.5 Å². The Balaban J connectivity index is 1.48. The minimum absolute atomic E-state index is 0.0321. The van der Waals surface area contributed by atoms with E-state index in [-0.39, 0.29) is 11.9 Å². The molecule has 0 bridgehead atoms. The molecule has 4 aromatic rings. The summed E-state index contributed by atoms with van der Waals surface area (Å²) in [5.74, 6) is 2.28. The highest BCUT2D eigenvalue weighted by atomic mass is 16.2.